The van der Waals surface area contributed by atoms with Crippen molar-refractivity contribution >= 4 is 11.8 Å². The van der Waals surface area contributed by atoms with Crippen LogP contribution in [-0.2, 0) is 14.3 Å². The van der Waals surface area contributed by atoms with E-state index in [-0.39, 0.29) is 23.2 Å². The Bertz CT molecular complexity index is 815. The highest BCUT2D eigenvalue weighted by Crippen LogP contribution is 2.68. The van der Waals surface area contributed by atoms with Gasteiger partial charge in [0.05, 0.1) is 12.3 Å². The Kier molecular flexibility index (Phi) is 4.94. The van der Waals surface area contributed by atoms with Gasteiger partial charge in [0, 0.05) is 6.42 Å². The monoisotopic (exact) mass is 403 g/mol. The Labute approximate surface area is 173 Å². The van der Waals surface area contributed by atoms with Gasteiger partial charge in [-0.25, -0.2) is 4.79 Å². The quantitative estimate of drug-likeness (QED) is 0.529. The molecule has 0 spiro atoms. The molecule has 4 nitrogen and oxygen atoms in total. The number of rotatable bonds is 2. The third kappa shape index (κ3) is 2.83. The summed E-state index contributed by atoms with van der Waals surface area (Å²) in [6.07, 6.45) is 5.71. The number of hydrogen-bond donors (Lipinski definition) is 1. The number of allylic oxidation sites excluding steroid dienone is 2. The number of halogens is 1. The molecule has 0 unspecified atom stereocenters. The van der Waals surface area contributed by atoms with E-state index in [9.17, 15) is 9.59 Å². The summed E-state index contributed by atoms with van der Waals surface area (Å²) in [5, 5.41) is 0. The highest BCUT2D eigenvalue weighted by molar-refractivity contribution is 5.96. The van der Waals surface area contributed by atoms with Crippen molar-refractivity contribution in [3.63, 3.8) is 0 Å². The maximum atomic E-state index is 15.0. The molecule has 160 valence electrons. The first-order valence-electron chi connectivity index (χ1n) is 11.2. The summed E-state index contributed by atoms with van der Waals surface area (Å²) >= 11 is 0. The van der Waals surface area contributed by atoms with Crippen molar-refractivity contribution in [1.82, 2.24) is 0 Å². The summed E-state index contributed by atoms with van der Waals surface area (Å²) in [5.74, 6) is 0.348. The molecule has 2 N–H and O–H groups in total. The van der Waals surface area contributed by atoms with E-state index in [1.54, 1.807) is 6.92 Å². The van der Waals surface area contributed by atoms with Crippen molar-refractivity contribution in [1.29, 1.82) is 0 Å². The first kappa shape index (κ1) is 20.6. The topological polar surface area (TPSA) is 69.4 Å². The number of ether oxygens (including phenoxy) is 1. The van der Waals surface area contributed by atoms with Gasteiger partial charge >= 0.3 is 5.97 Å². The molecule has 3 saturated carbocycles. The van der Waals surface area contributed by atoms with Crippen LogP contribution < -0.4 is 5.73 Å². The van der Waals surface area contributed by atoms with Crippen LogP contribution in [0, 0.1) is 34.5 Å². The Morgan fingerprint density at radius 3 is 2.55 bits per heavy atom. The van der Waals surface area contributed by atoms with Crippen LogP contribution in [0.1, 0.15) is 72.6 Å². The van der Waals surface area contributed by atoms with E-state index in [4.69, 9.17) is 10.5 Å². The summed E-state index contributed by atoms with van der Waals surface area (Å²) < 4.78 is 20.0. The molecule has 3 fully saturated rings. The SMILES string of the molecule is CCOC(=O)C(F)=C1CC[C@H]2[C@@H]3[C@H](C)CC4=C(N)C(=O)CC[C@]4(C)[C@H]3CC[C@]12C. The average molecular weight is 404 g/mol. The Morgan fingerprint density at radius 1 is 1.17 bits per heavy atom. The molecule has 4 aliphatic rings. The number of carbonyl (C=O) groups excluding carboxylic acids is 2. The van der Waals surface area contributed by atoms with Gasteiger partial charge in [-0.15, -0.1) is 0 Å². The molecule has 0 aromatic rings. The smallest absolute Gasteiger partial charge is 0.367 e. The molecule has 0 saturated heterocycles. The highest BCUT2D eigenvalue weighted by Gasteiger charge is 2.60. The van der Waals surface area contributed by atoms with Crippen LogP contribution in [-0.4, -0.2) is 18.4 Å². The summed E-state index contributed by atoms with van der Waals surface area (Å²) in [4.78, 5) is 24.3. The zero-order valence-corrected chi connectivity index (χ0v) is 18.1. The molecule has 4 rings (SSSR count). The normalized spacial score (nSPS) is 43.4. The zero-order valence-electron chi connectivity index (χ0n) is 18.1. The maximum absolute atomic E-state index is 15.0. The lowest BCUT2D eigenvalue weighted by molar-refractivity contribution is -0.140. The van der Waals surface area contributed by atoms with Crippen molar-refractivity contribution < 1.29 is 18.7 Å². The number of esters is 1. The lowest BCUT2D eigenvalue weighted by Crippen LogP contribution is -2.53. The fourth-order valence-corrected chi connectivity index (χ4v) is 7.57. The molecule has 0 aromatic carbocycles. The standard InChI is InChI=1S/C24H34FNO3/c1-5-29-22(28)20(25)16-7-6-14-19-13(2)12-17-21(26)18(27)9-11-24(17,4)15(19)8-10-23(14,16)3/h13-15,19H,5-12,26H2,1-4H3/t13-,14+,15+,19+,23+,24-/m1/s1. The fraction of sp³-hybridized carbons (Fsp3) is 0.750. The van der Waals surface area contributed by atoms with Crippen LogP contribution in [0.4, 0.5) is 4.39 Å². The summed E-state index contributed by atoms with van der Waals surface area (Å²) in [6, 6.07) is 0. The van der Waals surface area contributed by atoms with Gasteiger partial charge in [-0.2, -0.15) is 4.39 Å². The third-order valence-corrected chi connectivity index (χ3v) is 9.02. The third-order valence-electron chi connectivity index (χ3n) is 9.02. The van der Waals surface area contributed by atoms with Gasteiger partial charge in [-0.05, 0) is 91.1 Å². The Morgan fingerprint density at radius 2 is 1.86 bits per heavy atom. The van der Waals surface area contributed by atoms with Gasteiger partial charge in [-0.1, -0.05) is 20.8 Å². The molecule has 5 heteroatoms. The molecule has 0 aliphatic heterocycles. The van der Waals surface area contributed by atoms with E-state index in [1.165, 1.54) is 5.57 Å². The van der Waals surface area contributed by atoms with Gasteiger partial charge in [0.1, 0.15) is 0 Å². The van der Waals surface area contributed by atoms with Crippen molar-refractivity contribution in [2.45, 2.75) is 72.6 Å². The second-order valence-electron chi connectivity index (χ2n) is 10.2. The molecule has 4 aliphatic carbocycles. The van der Waals surface area contributed by atoms with E-state index >= 15 is 4.39 Å². The van der Waals surface area contributed by atoms with Crippen molar-refractivity contribution in [3.8, 4) is 0 Å². The van der Waals surface area contributed by atoms with Crippen LogP contribution in [0.25, 0.3) is 0 Å². The van der Waals surface area contributed by atoms with Crippen LogP contribution in [0.3, 0.4) is 0 Å². The Hall–Kier alpha value is -1.65. The van der Waals surface area contributed by atoms with Crippen molar-refractivity contribution in [2.24, 2.45) is 40.2 Å². The first-order valence-corrected chi connectivity index (χ1v) is 11.2. The Balaban J connectivity index is 1.72. The van der Waals surface area contributed by atoms with Gasteiger partial charge in [-0.3, -0.25) is 4.79 Å². The molecular formula is C24H34FNO3. The van der Waals surface area contributed by atoms with Crippen LogP contribution >= 0.6 is 0 Å². The molecule has 29 heavy (non-hydrogen) atoms. The lowest BCUT2D eigenvalue weighted by Gasteiger charge is -2.59. The molecule has 0 aromatic heterocycles. The fourth-order valence-electron chi connectivity index (χ4n) is 7.57. The van der Waals surface area contributed by atoms with Crippen molar-refractivity contribution in [3.05, 3.63) is 22.7 Å². The summed E-state index contributed by atoms with van der Waals surface area (Å²) in [6.45, 7) is 8.63. The number of ketones is 1. The van der Waals surface area contributed by atoms with Crippen LogP contribution in [0.15, 0.2) is 22.7 Å². The number of fused-ring (bicyclic) bond motifs is 5. The molecule has 0 radical (unpaired) electrons. The molecule has 0 heterocycles. The second-order valence-corrected chi connectivity index (χ2v) is 10.2. The second kappa shape index (κ2) is 6.95. The minimum atomic E-state index is -0.807. The zero-order chi connectivity index (χ0) is 21.1. The lowest BCUT2D eigenvalue weighted by atomic mass is 9.45. The predicted molar refractivity (Wildman–Crippen MR) is 109 cm³/mol. The van der Waals surface area contributed by atoms with E-state index in [2.05, 4.69) is 20.8 Å². The van der Waals surface area contributed by atoms with Gasteiger partial charge in [0.15, 0.2) is 5.78 Å². The average Bonchev–Trinajstić information content (AvgIpc) is 3.03. The largest absolute Gasteiger partial charge is 0.461 e. The molecule has 0 bridgehead atoms. The van der Waals surface area contributed by atoms with E-state index in [1.807, 2.05) is 0 Å². The molecule has 0 amide bonds. The summed E-state index contributed by atoms with van der Waals surface area (Å²) in [5.41, 5.74) is 8.34. The van der Waals surface area contributed by atoms with Gasteiger partial charge in [0.25, 0.3) is 0 Å². The number of hydrogen-bond acceptors (Lipinski definition) is 4. The van der Waals surface area contributed by atoms with E-state index in [0.717, 1.165) is 32.1 Å². The van der Waals surface area contributed by atoms with Gasteiger partial charge < -0.3 is 10.5 Å². The molecular weight excluding hydrogens is 369 g/mol. The van der Waals surface area contributed by atoms with Crippen LogP contribution in [0.5, 0.6) is 0 Å². The minimum Gasteiger partial charge on any atom is -0.461 e. The van der Waals surface area contributed by atoms with Gasteiger partial charge in [0.2, 0.25) is 5.83 Å². The number of carbonyl (C=O) groups is 2. The van der Waals surface area contributed by atoms with E-state index < -0.39 is 11.8 Å². The minimum absolute atomic E-state index is 0.0251. The van der Waals surface area contributed by atoms with Crippen molar-refractivity contribution in [2.75, 3.05) is 6.61 Å². The molecule has 6 atom stereocenters. The highest BCUT2D eigenvalue weighted by atomic mass is 19.1. The van der Waals surface area contributed by atoms with E-state index in [0.29, 0.717) is 47.8 Å². The number of nitrogens with two attached hydrogens (primary N) is 1. The predicted octanol–water partition coefficient (Wildman–Crippen LogP) is 4.84. The maximum Gasteiger partial charge on any atom is 0.367 e. The van der Waals surface area contributed by atoms with Crippen LogP contribution in [0.2, 0.25) is 0 Å². The number of Topliss-reactive ketones (excluding diaryl/α,β-unsaturated/α-hetero) is 1. The summed E-state index contributed by atoms with van der Waals surface area (Å²) in [7, 11) is 0. The first-order chi connectivity index (χ1) is 13.6.